The lowest BCUT2D eigenvalue weighted by molar-refractivity contribution is -0.151. The molecule has 0 aromatic heterocycles. The van der Waals surface area contributed by atoms with E-state index in [1.165, 1.54) is 6.42 Å². The smallest absolute Gasteiger partial charge is 0.326 e. The van der Waals surface area contributed by atoms with Crippen LogP contribution >= 0.6 is 11.8 Å². The number of hydrogen-bond donors (Lipinski definition) is 1. The van der Waals surface area contributed by atoms with Gasteiger partial charge in [0.25, 0.3) is 0 Å². The number of carbonyl (C=O) groups excluding carboxylic acids is 1. The number of esters is 1. The van der Waals surface area contributed by atoms with Gasteiger partial charge in [-0.15, -0.1) is 0 Å². The molecule has 0 aromatic carbocycles. The second kappa shape index (κ2) is 7.39. The highest BCUT2D eigenvalue weighted by molar-refractivity contribution is 7.99. The molecule has 18 heavy (non-hydrogen) atoms. The molecule has 3 nitrogen and oxygen atoms in total. The summed E-state index contributed by atoms with van der Waals surface area (Å²) in [7, 11) is 0. The summed E-state index contributed by atoms with van der Waals surface area (Å²) in [6.07, 6.45) is 5.13. The quantitative estimate of drug-likeness (QED) is 0.725. The molecular formula is C14H27NO2S. The van der Waals surface area contributed by atoms with E-state index in [0.29, 0.717) is 17.8 Å². The number of carbonyl (C=O) groups is 1. The van der Waals surface area contributed by atoms with E-state index in [4.69, 9.17) is 10.5 Å². The molecule has 3 unspecified atom stereocenters. The van der Waals surface area contributed by atoms with Crippen LogP contribution in [0.2, 0.25) is 0 Å². The summed E-state index contributed by atoms with van der Waals surface area (Å²) >= 11 is 1.98. The fourth-order valence-electron chi connectivity index (χ4n) is 2.57. The third-order valence-corrected chi connectivity index (χ3v) is 5.34. The van der Waals surface area contributed by atoms with E-state index in [-0.39, 0.29) is 5.97 Å². The minimum atomic E-state index is -0.716. The van der Waals surface area contributed by atoms with Crippen LogP contribution in [0.5, 0.6) is 0 Å². The van der Waals surface area contributed by atoms with E-state index in [9.17, 15) is 4.79 Å². The maximum atomic E-state index is 12.0. The molecule has 4 heteroatoms. The Morgan fingerprint density at radius 3 is 2.89 bits per heavy atom. The van der Waals surface area contributed by atoms with Crippen molar-refractivity contribution < 1.29 is 9.53 Å². The first-order valence-corrected chi connectivity index (χ1v) is 8.17. The van der Waals surface area contributed by atoms with Crippen molar-refractivity contribution in [1.29, 1.82) is 0 Å². The lowest BCUT2D eigenvalue weighted by atomic mass is 9.86. The standard InChI is InChI=1S/C14H27NO2S/c1-4-11(3)18-10-8-12-7-6-9-14(12,15)13(16)17-5-2/h11-12H,4-10,15H2,1-3H3. The fraction of sp³-hybridized carbons (Fsp3) is 0.929. The van der Waals surface area contributed by atoms with Gasteiger partial charge in [-0.2, -0.15) is 11.8 Å². The van der Waals surface area contributed by atoms with Crippen LogP contribution in [-0.4, -0.2) is 29.1 Å². The van der Waals surface area contributed by atoms with Gasteiger partial charge in [-0.25, -0.2) is 0 Å². The Bertz CT molecular complexity index is 273. The number of hydrogen-bond acceptors (Lipinski definition) is 4. The summed E-state index contributed by atoms with van der Waals surface area (Å²) in [4.78, 5) is 12.0. The largest absolute Gasteiger partial charge is 0.465 e. The Labute approximate surface area is 115 Å². The van der Waals surface area contributed by atoms with E-state index >= 15 is 0 Å². The maximum absolute atomic E-state index is 12.0. The van der Waals surface area contributed by atoms with Gasteiger partial charge in [-0.05, 0) is 44.3 Å². The number of nitrogens with two attached hydrogens (primary N) is 1. The summed E-state index contributed by atoms with van der Waals surface area (Å²) in [5.74, 6) is 1.20. The third kappa shape index (κ3) is 3.89. The molecule has 0 heterocycles. The van der Waals surface area contributed by atoms with Crippen LogP contribution in [0.4, 0.5) is 0 Å². The van der Waals surface area contributed by atoms with Crippen LogP contribution in [0.1, 0.15) is 52.9 Å². The van der Waals surface area contributed by atoms with E-state index in [1.807, 2.05) is 18.7 Å². The summed E-state index contributed by atoms with van der Waals surface area (Å²) in [5.41, 5.74) is 5.58. The molecule has 0 spiro atoms. The number of ether oxygens (including phenoxy) is 1. The molecule has 3 atom stereocenters. The Morgan fingerprint density at radius 1 is 1.56 bits per heavy atom. The molecule has 1 aliphatic rings. The number of rotatable bonds is 7. The summed E-state index contributed by atoms with van der Waals surface area (Å²) < 4.78 is 5.14. The predicted octanol–water partition coefficient (Wildman–Crippen LogP) is 2.97. The average Bonchev–Trinajstić information content (AvgIpc) is 2.72. The van der Waals surface area contributed by atoms with E-state index in [0.717, 1.165) is 31.4 Å². The Morgan fingerprint density at radius 2 is 2.28 bits per heavy atom. The van der Waals surface area contributed by atoms with Crippen molar-refractivity contribution >= 4 is 17.7 Å². The first-order chi connectivity index (χ1) is 8.54. The van der Waals surface area contributed by atoms with Crippen LogP contribution in [0.3, 0.4) is 0 Å². The van der Waals surface area contributed by atoms with Crippen molar-refractivity contribution in [3.05, 3.63) is 0 Å². The molecule has 2 N–H and O–H groups in total. The van der Waals surface area contributed by atoms with Gasteiger partial charge in [0.05, 0.1) is 6.61 Å². The average molecular weight is 273 g/mol. The van der Waals surface area contributed by atoms with Gasteiger partial charge in [-0.1, -0.05) is 20.3 Å². The number of thioether (sulfide) groups is 1. The minimum Gasteiger partial charge on any atom is -0.465 e. The first-order valence-electron chi connectivity index (χ1n) is 7.12. The summed E-state index contributed by atoms with van der Waals surface area (Å²) in [6.45, 7) is 6.72. The first kappa shape index (κ1) is 15.8. The van der Waals surface area contributed by atoms with Crippen LogP contribution in [0.25, 0.3) is 0 Å². The van der Waals surface area contributed by atoms with Gasteiger partial charge < -0.3 is 10.5 Å². The highest BCUT2D eigenvalue weighted by Crippen LogP contribution is 2.38. The molecule has 0 aromatic rings. The van der Waals surface area contributed by atoms with Crippen LogP contribution < -0.4 is 5.73 Å². The van der Waals surface area contributed by atoms with Crippen LogP contribution in [0.15, 0.2) is 0 Å². The lowest BCUT2D eigenvalue weighted by Crippen LogP contribution is -2.52. The zero-order chi connectivity index (χ0) is 13.6. The van der Waals surface area contributed by atoms with Gasteiger partial charge in [0.2, 0.25) is 0 Å². The molecule has 1 rings (SSSR count). The van der Waals surface area contributed by atoms with Gasteiger partial charge in [-0.3, -0.25) is 4.79 Å². The molecule has 1 saturated carbocycles. The molecule has 0 saturated heterocycles. The SMILES string of the molecule is CCOC(=O)C1(N)CCCC1CCSC(C)CC. The Hall–Kier alpha value is -0.220. The van der Waals surface area contributed by atoms with E-state index in [2.05, 4.69) is 13.8 Å². The monoisotopic (exact) mass is 273 g/mol. The van der Waals surface area contributed by atoms with Crippen molar-refractivity contribution in [1.82, 2.24) is 0 Å². The lowest BCUT2D eigenvalue weighted by Gasteiger charge is -2.29. The normalized spacial score (nSPS) is 29.2. The van der Waals surface area contributed by atoms with Crippen molar-refractivity contribution in [2.45, 2.75) is 63.7 Å². The molecule has 0 radical (unpaired) electrons. The molecule has 0 aliphatic heterocycles. The highest BCUT2D eigenvalue weighted by Gasteiger charge is 2.46. The zero-order valence-corrected chi connectivity index (χ0v) is 12.7. The summed E-state index contributed by atoms with van der Waals surface area (Å²) in [5, 5.41) is 0.696. The van der Waals surface area contributed by atoms with Crippen molar-refractivity contribution in [3.63, 3.8) is 0 Å². The molecule has 1 fully saturated rings. The van der Waals surface area contributed by atoms with E-state index in [1.54, 1.807) is 0 Å². The predicted molar refractivity (Wildman–Crippen MR) is 77.7 cm³/mol. The fourth-order valence-corrected chi connectivity index (χ4v) is 3.63. The molecule has 106 valence electrons. The van der Waals surface area contributed by atoms with Crippen molar-refractivity contribution in [2.24, 2.45) is 11.7 Å². The van der Waals surface area contributed by atoms with E-state index < -0.39 is 5.54 Å². The van der Waals surface area contributed by atoms with Gasteiger partial charge in [0.1, 0.15) is 5.54 Å². The second-order valence-corrected chi connectivity index (χ2v) is 6.77. The topological polar surface area (TPSA) is 52.3 Å². The Kier molecular flexibility index (Phi) is 6.50. The van der Waals surface area contributed by atoms with Crippen molar-refractivity contribution in [2.75, 3.05) is 12.4 Å². The minimum absolute atomic E-state index is 0.193. The van der Waals surface area contributed by atoms with Crippen LogP contribution in [-0.2, 0) is 9.53 Å². The van der Waals surface area contributed by atoms with Gasteiger partial charge in [0.15, 0.2) is 0 Å². The summed E-state index contributed by atoms with van der Waals surface area (Å²) in [6, 6.07) is 0. The van der Waals surface area contributed by atoms with Gasteiger partial charge in [0, 0.05) is 5.25 Å². The Balaban J connectivity index is 2.46. The zero-order valence-electron chi connectivity index (χ0n) is 11.9. The second-order valence-electron chi connectivity index (χ2n) is 5.23. The maximum Gasteiger partial charge on any atom is 0.326 e. The molecule has 0 bridgehead atoms. The van der Waals surface area contributed by atoms with Crippen LogP contribution in [0, 0.1) is 5.92 Å². The molecule has 0 amide bonds. The highest BCUT2D eigenvalue weighted by atomic mass is 32.2. The van der Waals surface area contributed by atoms with Gasteiger partial charge >= 0.3 is 5.97 Å². The van der Waals surface area contributed by atoms with Crippen molar-refractivity contribution in [3.8, 4) is 0 Å². The third-order valence-electron chi connectivity index (χ3n) is 3.97. The molecule has 1 aliphatic carbocycles. The molecular weight excluding hydrogens is 246 g/mol.